The molecule has 1 aromatic carbocycles. The van der Waals surface area contributed by atoms with Crippen LogP contribution in [0.25, 0.3) is 0 Å². The van der Waals surface area contributed by atoms with Gasteiger partial charge in [-0.25, -0.2) is 0 Å². The number of nitrogens with one attached hydrogen (secondary N) is 1. The topological polar surface area (TPSA) is 54.3 Å². The summed E-state index contributed by atoms with van der Waals surface area (Å²) in [6, 6.07) is 7.99. The molecule has 18 heavy (non-hydrogen) atoms. The third-order valence-electron chi connectivity index (χ3n) is 2.41. The van der Waals surface area contributed by atoms with Crippen molar-refractivity contribution in [2.75, 3.05) is 20.3 Å². The predicted molar refractivity (Wildman–Crippen MR) is 70.7 cm³/mol. The molecule has 0 fully saturated rings. The molecule has 0 saturated carbocycles. The Morgan fingerprint density at radius 3 is 2.83 bits per heavy atom. The molecule has 0 aliphatic carbocycles. The van der Waals surface area contributed by atoms with Crippen LogP contribution >= 0.6 is 0 Å². The van der Waals surface area contributed by atoms with Crippen molar-refractivity contribution in [3.8, 4) is 17.6 Å². The molecular formula is C14H20N2O2. The van der Waals surface area contributed by atoms with E-state index in [9.17, 15) is 0 Å². The van der Waals surface area contributed by atoms with Crippen LogP contribution in [0, 0.1) is 11.3 Å². The van der Waals surface area contributed by atoms with E-state index in [1.165, 1.54) is 0 Å². The number of nitriles is 1. The lowest BCUT2D eigenvalue weighted by Gasteiger charge is -2.15. The molecule has 1 rings (SSSR count). The molecule has 0 saturated heterocycles. The summed E-state index contributed by atoms with van der Waals surface area (Å²) in [7, 11) is 1.90. The summed E-state index contributed by atoms with van der Waals surface area (Å²) >= 11 is 0. The number of hydrogen-bond donors (Lipinski definition) is 1. The molecule has 0 bridgehead atoms. The van der Waals surface area contributed by atoms with Gasteiger partial charge in [-0.2, -0.15) is 5.26 Å². The number of rotatable bonds is 8. The number of para-hydroxylation sites is 1. The van der Waals surface area contributed by atoms with Crippen molar-refractivity contribution in [2.45, 2.75) is 26.3 Å². The third kappa shape index (κ3) is 4.27. The van der Waals surface area contributed by atoms with E-state index in [0.29, 0.717) is 19.6 Å². The first kappa shape index (κ1) is 14.3. The van der Waals surface area contributed by atoms with Crippen LogP contribution in [-0.2, 0) is 6.54 Å². The van der Waals surface area contributed by atoms with Crippen molar-refractivity contribution in [2.24, 2.45) is 0 Å². The molecule has 4 nitrogen and oxygen atoms in total. The number of hydrogen-bond acceptors (Lipinski definition) is 4. The van der Waals surface area contributed by atoms with Crippen LogP contribution in [0.3, 0.4) is 0 Å². The molecule has 0 unspecified atom stereocenters. The fourth-order valence-corrected chi connectivity index (χ4v) is 1.65. The minimum Gasteiger partial charge on any atom is -0.490 e. The van der Waals surface area contributed by atoms with Gasteiger partial charge in [0.2, 0.25) is 0 Å². The van der Waals surface area contributed by atoms with Crippen LogP contribution in [0.2, 0.25) is 0 Å². The van der Waals surface area contributed by atoms with Gasteiger partial charge >= 0.3 is 0 Å². The SMILES string of the molecule is CCOc1cccc(CNC)c1OCCCC#N. The van der Waals surface area contributed by atoms with Gasteiger partial charge in [0.05, 0.1) is 19.3 Å². The maximum atomic E-state index is 8.50. The highest BCUT2D eigenvalue weighted by atomic mass is 16.5. The Morgan fingerprint density at radius 2 is 2.17 bits per heavy atom. The molecule has 0 radical (unpaired) electrons. The minimum absolute atomic E-state index is 0.512. The first-order valence-corrected chi connectivity index (χ1v) is 6.22. The lowest BCUT2D eigenvalue weighted by atomic mass is 10.2. The Bertz CT molecular complexity index is 375. The van der Waals surface area contributed by atoms with Gasteiger partial charge in [0.25, 0.3) is 0 Å². The van der Waals surface area contributed by atoms with Crippen LogP contribution in [-0.4, -0.2) is 20.3 Å². The normalized spacial score (nSPS) is 9.83. The lowest BCUT2D eigenvalue weighted by Crippen LogP contribution is -2.09. The highest BCUT2D eigenvalue weighted by molar-refractivity contribution is 5.46. The van der Waals surface area contributed by atoms with Gasteiger partial charge in [0.15, 0.2) is 11.5 Å². The molecule has 4 heteroatoms. The Morgan fingerprint density at radius 1 is 1.33 bits per heavy atom. The highest BCUT2D eigenvalue weighted by Crippen LogP contribution is 2.31. The molecule has 0 aliphatic heterocycles. The van der Waals surface area contributed by atoms with E-state index >= 15 is 0 Å². The maximum absolute atomic E-state index is 8.50. The molecule has 98 valence electrons. The number of benzene rings is 1. The molecule has 0 aromatic heterocycles. The zero-order valence-corrected chi connectivity index (χ0v) is 11.0. The maximum Gasteiger partial charge on any atom is 0.165 e. The number of unbranched alkanes of at least 4 members (excludes halogenated alkanes) is 1. The second-order valence-corrected chi connectivity index (χ2v) is 3.82. The summed E-state index contributed by atoms with van der Waals surface area (Å²) in [5, 5.41) is 11.6. The van der Waals surface area contributed by atoms with E-state index in [1.54, 1.807) is 0 Å². The van der Waals surface area contributed by atoms with Crippen molar-refractivity contribution in [3.63, 3.8) is 0 Å². The van der Waals surface area contributed by atoms with Crippen molar-refractivity contribution in [1.82, 2.24) is 5.32 Å². The van der Waals surface area contributed by atoms with Gasteiger partial charge in [0, 0.05) is 18.5 Å². The number of ether oxygens (including phenoxy) is 2. The van der Waals surface area contributed by atoms with Crippen molar-refractivity contribution < 1.29 is 9.47 Å². The monoisotopic (exact) mass is 248 g/mol. The summed E-state index contributed by atoms with van der Waals surface area (Å²) < 4.78 is 11.3. The molecule has 1 N–H and O–H groups in total. The van der Waals surface area contributed by atoms with Crippen LogP contribution < -0.4 is 14.8 Å². The van der Waals surface area contributed by atoms with Gasteiger partial charge in [-0.15, -0.1) is 0 Å². The van der Waals surface area contributed by atoms with E-state index in [-0.39, 0.29) is 0 Å². The minimum atomic E-state index is 0.512. The zero-order chi connectivity index (χ0) is 13.2. The fraction of sp³-hybridized carbons (Fsp3) is 0.500. The van der Waals surface area contributed by atoms with Crippen LogP contribution in [0.1, 0.15) is 25.3 Å². The molecule has 0 spiro atoms. The quantitative estimate of drug-likeness (QED) is 0.718. The molecule has 0 heterocycles. The fourth-order valence-electron chi connectivity index (χ4n) is 1.65. The molecular weight excluding hydrogens is 228 g/mol. The predicted octanol–water partition coefficient (Wildman–Crippen LogP) is 2.49. The molecule has 0 aliphatic rings. The smallest absolute Gasteiger partial charge is 0.165 e. The second kappa shape index (κ2) is 8.37. The Labute approximate surface area is 109 Å². The average Bonchev–Trinajstić information content (AvgIpc) is 2.38. The van der Waals surface area contributed by atoms with E-state index in [1.807, 2.05) is 32.2 Å². The van der Waals surface area contributed by atoms with Gasteiger partial charge in [-0.1, -0.05) is 12.1 Å². The molecule has 1 aromatic rings. The van der Waals surface area contributed by atoms with Gasteiger partial charge < -0.3 is 14.8 Å². The van der Waals surface area contributed by atoms with E-state index in [2.05, 4.69) is 11.4 Å². The zero-order valence-electron chi connectivity index (χ0n) is 11.0. The van der Waals surface area contributed by atoms with Crippen LogP contribution in [0.4, 0.5) is 0 Å². The Kier molecular flexibility index (Phi) is 6.67. The summed E-state index contributed by atoms with van der Waals surface area (Å²) in [5.74, 6) is 1.55. The van der Waals surface area contributed by atoms with Crippen molar-refractivity contribution >= 4 is 0 Å². The summed E-state index contributed by atoms with van der Waals surface area (Å²) in [4.78, 5) is 0. The van der Waals surface area contributed by atoms with Gasteiger partial charge in [0.1, 0.15) is 0 Å². The summed E-state index contributed by atoms with van der Waals surface area (Å²) in [6.07, 6.45) is 1.24. The van der Waals surface area contributed by atoms with Gasteiger partial charge in [-0.05, 0) is 26.5 Å². The van der Waals surface area contributed by atoms with Gasteiger partial charge in [-0.3, -0.25) is 0 Å². The van der Waals surface area contributed by atoms with Crippen LogP contribution in [0.5, 0.6) is 11.5 Å². The Hall–Kier alpha value is -1.73. The summed E-state index contributed by atoms with van der Waals surface area (Å²) in [6.45, 7) is 3.82. The highest BCUT2D eigenvalue weighted by Gasteiger charge is 2.10. The Balaban J connectivity index is 2.78. The molecule has 0 atom stereocenters. The number of nitrogens with zero attached hydrogens (tertiary/aromatic N) is 1. The van der Waals surface area contributed by atoms with Crippen molar-refractivity contribution in [3.05, 3.63) is 23.8 Å². The first-order valence-electron chi connectivity index (χ1n) is 6.22. The second-order valence-electron chi connectivity index (χ2n) is 3.82. The van der Waals surface area contributed by atoms with E-state index in [0.717, 1.165) is 30.0 Å². The van der Waals surface area contributed by atoms with E-state index in [4.69, 9.17) is 14.7 Å². The summed E-state index contributed by atoms with van der Waals surface area (Å²) in [5.41, 5.74) is 1.07. The first-order chi connectivity index (χ1) is 8.83. The largest absolute Gasteiger partial charge is 0.490 e. The lowest BCUT2D eigenvalue weighted by molar-refractivity contribution is 0.271. The standard InChI is InChI=1S/C14H20N2O2/c1-3-17-13-8-6-7-12(11-16-2)14(13)18-10-5-4-9-15/h6-8,16H,3-5,10-11H2,1-2H3. The van der Waals surface area contributed by atoms with Crippen molar-refractivity contribution in [1.29, 1.82) is 5.26 Å². The van der Waals surface area contributed by atoms with Crippen LogP contribution in [0.15, 0.2) is 18.2 Å². The third-order valence-corrected chi connectivity index (χ3v) is 2.41. The van der Waals surface area contributed by atoms with E-state index < -0.39 is 0 Å². The molecule has 0 amide bonds. The average molecular weight is 248 g/mol.